The quantitative estimate of drug-likeness (QED) is 0.254. The number of hydrogen-bond donors (Lipinski definition) is 3. The van der Waals surface area contributed by atoms with E-state index in [0.29, 0.717) is 29.1 Å². The van der Waals surface area contributed by atoms with Gasteiger partial charge in [0.1, 0.15) is 17.2 Å². The summed E-state index contributed by atoms with van der Waals surface area (Å²) in [7, 11) is 1.69. The predicted octanol–water partition coefficient (Wildman–Crippen LogP) is 5.03. The molecule has 0 aliphatic carbocycles. The summed E-state index contributed by atoms with van der Waals surface area (Å²) in [6, 6.07) is 16.1. The van der Waals surface area contributed by atoms with E-state index in [0.717, 1.165) is 87.7 Å². The smallest absolute Gasteiger partial charge is 0.257 e. The number of nitrogens with zero attached hydrogens (tertiary/aromatic N) is 2. The average Bonchev–Trinajstić information content (AvgIpc) is 3.56. The standard InChI is InChI=1S/C34H42ClN5O5/c1-42-27-6-2-24(3-7-27)20-40-16-11-26(12-17-40)39-31-30(35)33(45-34-32(31)37-22-38-34)25-4-8-28(9-5-25)44-21-29(41)36-15-10-23-13-18-43-19-14-23/h2-9,22-23,26,33,39H,10-21H2,1H3,(H,36,41)(H,37,38). The molecule has 3 N–H and O–H groups in total. The van der Waals surface area contributed by atoms with Crippen LogP contribution in [0.2, 0.25) is 0 Å². The van der Waals surface area contributed by atoms with Gasteiger partial charge in [-0.15, -0.1) is 0 Å². The Bertz CT molecular complexity index is 1430. The van der Waals surface area contributed by atoms with Crippen molar-refractivity contribution in [1.29, 1.82) is 0 Å². The molecular formula is C34H42ClN5O5. The third kappa shape index (κ3) is 8.11. The molecule has 1 atom stereocenters. The minimum Gasteiger partial charge on any atom is -0.497 e. The summed E-state index contributed by atoms with van der Waals surface area (Å²) in [5, 5.41) is 7.24. The van der Waals surface area contributed by atoms with Crippen molar-refractivity contribution in [3.63, 3.8) is 0 Å². The van der Waals surface area contributed by atoms with Crippen LogP contribution >= 0.6 is 11.6 Å². The number of ether oxygens (including phenoxy) is 4. The molecule has 1 aromatic heterocycles. The van der Waals surface area contributed by atoms with Gasteiger partial charge in [0.25, 0.3) is 5.91 Å². The number of carbonyl (C=O) groups excluding carboxylic acids is 1. The highest BCUT2D eigenvalue weighted by molar-refractivity contribution is 6.33. The molecule has 6 rings (SSSR count). The topological polar surface area (TPSA) is 110 Å². The van der Waals surface area contributed by atoms with Crippen molar-refractivity contribution in [2.75, 3.05) is 46.6 Å². The van der Waals surface area contributed by atoms with E-state index in [2.05, 4.69) is 37.6 Å². The number of hydrogen-bond acceptors (Lipinski definition) is 8. The highest BCUT2D eigenvalue weighted by Crippen LogP contribution is 2.42. The maximum atomic E-state index is 12.3. The highest BCUT2D eigenvalue weighted by Gasteiger charge is 2.33. The van der Waals surface area contributed by atoms with Crippen LogP contribution in [0.5, 0.6) is 17.4 Å². The number of aromatic nitrogens is 2. The number of imidazole rings is 1. The van der Waals surface area contributed by atoms with Crippen LogP contribution in [0.1, 0.15) is 55.0 Å². The second-order valence-electron chi connectivity index (χ2n) is 11.9. The zero-order valence-electron chi connectivity index (χ0n) is 25.7. The predicted molar refractivity (Wildman–Crippen MR) is 172 cm³/mol. The SMILES string of the molecule is COc1ccc(CN2CCC(NC3=C(Cl)C(c4ccc(OCC(=O)NCCC5CCOCC5)cc4)Oc4nc[nH]c43)CC2)cc1. The first kappa shape index (κ1) is 31.3. The van der Waals surface area contributed by atoms with Crippen molar-refractivity contribution in [2.45, 2.75) is 50.8 Å². The molecule has 3 aliphatic rings. The third-order valence-electron chi connectivity index (χ3n) is 8.82. The number of halogens is 1. The van der Waals surface area contributed by atoms with E-state index < -0.39 is 6.10 Å². The number of benzene rings is 2. The van der Waals surface area contributed by atoms with Crippen LogP contribution in [0.4, 0.5) is 0 Å². The van der Waals surface area contributed by atoms with Crippen molar-refractivity contribution in [2.24, 2.45) is 5.92 Å². The van der Waals surface area contributed by atoms with Crippen LogP contribution in [-0.4, -0.2) is 73.4 Å². The van der Waals surface area contributed by atoms with Gasteiger partial charge >= 0.3 is 0 Å². The summed E-state index contributed by atoms with van der Waals surface area (Å²) in [5.41, 5.74) is 3.74. The Morgan fingerprint density at radius 3 is 2.51 bits per heavy atom. The molecule has 45 heavy (non-hydrogen) atoms. The van der Waals surface area contributed by atoms with Crippen molar-refractivity contribution >= 4 is 23.2 Å². The van der Waals surface area contributed by atoms with E-state index in [1.807, 2.05) is 36.4 Å². The maximum absolute atomic E-state index is 12.3. The number of carbonyl (C=O) groups is 1. The molecule has 0 saturated carbocycles. The number of nitrogens with one attached hydrogen (secondary N) is 3. The third-order valence-corrected chi connectivity index (χ3v) is 9.21. The lowest BCUT2D eigenvalue weighted by Gasteiger charge is -2.35. The molecular weight excluding hydrogens is 594 g/mol. The van der Waals surface area contributed by atoms with Crippen molar-refractivity contribution in [3.8, 4) is 17.4 Å². The van der Waals surface area contributed by atoms with Gasteiger partial charge in [-0.2, -0.15) is 0 Å². The summed E-state index contributed by atoms with van der Waals surface area (Å²) in [5.74, 6) is 2.49. The fourth-order valence-electron chi connectivity index (χ4n) is 6.14. The molecule has 3 aliphatic heterocycles. The van der Waals surface area contributed by atoms with Gasteiger partial charge in [0, 0.05) is 45.4 Å². The lowest BCUT2D eigenvalue weighted by atomic mass is 9.97. The van der Waals surface area contributed by atoms with Gasteiger partial charge in [0.15, 0.2) is 12.7 Å². The van der Waals surface area contributed by atoms with Crippen molar-refractivity contribution in [1.82, 2.24) is 25.5 Å². The summed E-state index contributed by atoms with van der Waals surface area (Å²) in [6.07, 6.45) is 6.20. The van der Waals surface area contributed by atoms with Gasteiger partial charge in [-0.05, 0) is 73.4 Å². The normalized spacial score (nSPS) is 19.5. The van der Waals surface area contributed by atoms with Gasteiger partial charge in [0.2, 0.25) is 5.88 Å². The second kappa shape index (κ2) is 15.0. The van der Waals surface area contributed by atoms with Crippen LogP contribution < -0.4 is 24.8 Å². The van der Waals surface area contributed by atoms with Crippen LogP contribution in [0.25, 0.3) is 5.70 Å². The molecule has 0 radical (unpaired) electrons. The van der Waals surface area contributed by atoms with Gasteiger partial charge in [-0.1, -0.05) is 35.9 Å². The number of likely N-dealkylation sites (tertiary alicyclic amines) is 1. The Labute approximate surface area is 269 Å². The molecule has 240 valence electrons. The second-order valence-corrected chi connectivity index (χ2v) is 12.3. The van der Waals surface area contributed by atoms with Gasteiger partial charge in [-0.25, -0.2) is 4.98 Å². The molecule has 4 heterocycles. The average molecular weight is 636 g/mol. The van der Waals surface area contributed by atoms with Crippen LogP contribution in [0.15, 0.2) is 59.9 Å². The lowest BCUT2D eigenvalue weighted by Crippen LogP contribution is -2.42. The summed E-state index contributed by atoms with van der Waals surface area (Å²) in [4.78, 5) is 22.4. The highest BCUT2D eigenvalue weighted by atomic mass is 35.5. The first-order valence-corrected chi connectivity index (χ1v) is 16.2. The Hall–Kier alpha value is -3.73. The molecule has 1 amide bonds. The molecule has 2 aromatic carbocycles. The van der Waals surface area contributed by atoms with Gasteiger partial charge in [0.05, 0.1) is 24.2 Å². The summed E-state index contributed by atoms with van der Waals surface area (Å²) in [6.45, 7) is 5.15. The zero-order chi connectivity index (χ0) is 31.0. The molecule has 10 nitrogen and oxygen atoms in total. The molecule has 0 bridgehead atoms. The summed E-state index contributed by atoms with van der Waals surface area (Å²) >= 11 is 7.03. The van der Waals surface area contributed by atoms with Gasteiger partial charge in [-0.3, -0.25) is 9.69 Å². The number of piperidine rings is 1. The number of amides is 1. The Morgan fingerprint density at radius 2 is 1.78 bits per heavy atom. The first-order chi connectivity index (χ1) is 22.1. The zero-order valence-corrected chi connectivity index (χ0v) is 26.5. The van der Waals surface area contributed by atoms with Crippen molar-refractivity contribution in [3.05, 3.63) is 76.7 Å². The van der Waals surface area contributed by atoms with E-state index in [9.17, 15) is 4.79 Å². The van der Waals surface area contributed by atoms with E-state index in [-0.39, 0.29) is 18.6 Å². The minimum atomic E-state index is -0.511. The number of fused-ring (bicyclic) bond motifs is 1. The molecule has 0 spiro atoms. The van der Waals surface area contributed by atoms with Crippen LogP contribution in [0, 0.1) is 5.92 Å². The van der Waals surface area contributed by atoms with Crippen LogP contribution in [-0.2, 0) is 16.1 Å². The number of aromatic amines is 1. The Kier molecular flexibility index (Phi) is 10.4. The number of methoxy groups -OCH3 is 1. The van der Waals surface area contributed by atoms with E-state index in [4.69, 9.17) is 30.5 Å². The molecule has 3 aromatic rings. The van der Waals surface area contributed by atoms with Crippen LogP contribution in [0.3, 0.4) is 0 Å². The fraction of sp³-hybridized carbons (Fsp3) is 0.471. The molecule has 1 unspecified atom stereocenters. The lowest BCUT2D eigenvalue weighted by molar-refractivity contribution is -0.123. The minimum absolute atomic E-state index is 0.0304. The van der Waals surface area contributed by atoms with E-state index >= 15 is 0 Å². The molecule has 2 fully saturated rings. The van der Waals surface area contributed by atoms with Crippen molar-refractivity contribution < 1.29 is 23.7 Å². The Morgan fingerprint density at radius 1 is 1.04 bits per heavy atom. The Balaban J connectivity index is 1.02. The number of rotatable bonds is 12. The monoisotopic (exact) mass is 635 g/mol. The maximum Gasteiger partial charge on any atom is 0.257 e. The van der Waals surface area contributed by atoms with Gasteiger partial charge < -0.3 is 34.6 Å². The summed E-state index contributed by atoms with van der Waals surface area (Å²) < 4.78 is 22.6. The largest absolute Gasteiger partial charge is 0.497 e. The molecule has 11 heteroatoms. The van der Waals surface area contributed by atoms with E-state index in [1.54, 1.807) is 13.4 Å². The first-order valence-electron chi connectivity index (χ1n) is 15.8. The van der Waals surface area contributed by atoms with E-state index in [1.165, 1.54) is 5.56 Å². The fourth-order valence-corrected chi connectivity index (χ4v) is 6.46. The molecule has 2 saturated heterocycles. The number of H-pyrrole nitrogens is 1.